The summed E-state index contributed by atoms with van der Waals surface area (Å²) >= 11 is 0. The van der Waals surface area contributed by atoms with E-state index in [0.717, 1.165) is 12.5 Å². The molecule has 1 aliphatic heterocycles. The van der Waals surface area contributed by atoms with Crippen molar-refractivity contribution in [3.63, 3.8) is 0 Å². The SMILES string of the molecule is CC=CCN1CCN(CC2CC2)CC1. The summed E-state index contributed by atoms with van der Waals surface area (Å²) in [6, 6.07) is 0. The molecule has 80 valence electrons. The van der Waals surface area contributed by atoms with Crippen LogP contribution in [0.2, 0.25) is 0 Å². The predicted octanol–water partition coefficient (Wildman–Crippen LogP) is 1.59. The molecular weight excluding hydrogens is 172 g/mol. The van der Waals surface area contributed by atoms with Crippen LogP contribution in [-0.2, 0) is 0 Å². The first kappa shape index (κ1) is 10.2. The monoisotopic (exact) mass is 194 g/mol. The Labute approximate surface area is 87.6 Å². The van der Waals surface area contributed by atoms with Crippen molar-refractivity contribution in [2.45, 2.75) is 19.8 Å². The standard InChI is InChI=1S/C12H22N2/c1-2-3-6-13-7-9-14(10-8-13)11-12-4-5-12/h2-3,12H,4-11H2,1H3. The molecule has 2 rings (SSSR count). The lowest BCUT2D eigenvalue weighted by Gasteiger charge is -2.34. The van der Waals surface area contributed by atoms with E-state index in [2.05, 4.69) is 28.9 Å². The smallest absolute Gasteiger partial charge is 0.0164 e. The summed E-state index contributed by atoms with van der Waals surface area (Å²) in [6.45, 7) is 9.71. The summed E-state index contributed by atoms with van der Waals surface area (Å²) in [5.74, 6) is 1.05. The zero-order chi connectivity index (χ0) is 9.80. The third-order valence-corrected chi connectivity index (χ3v) is 3.28. The first-order valence-electron chi connectivity index (χ1n) is 5.94. The number of rotatable bonds is 4. The van der Waals surface area contributed by atoms with Crippen molar-refractivity contribution in [2.24, 2.45) is 5.92 Å². The van der Waals surface area contributed by atoms with Gasteiger partial charge in [-0.15, -0.1) is 0 Å². The molecule has 2 nitrogen and oxygen atoms in total. The molecule has 0 unspecified atom stereocenters. The quantitative estimate of drug-likeness (QED) is 0.627. The van der Waals surface area contributed by atoms with E-state index in [9.17, 15) is 0 Å². The van der Waals surface area contributed by atoms with Gasteiger partial charge in [-0.25, -0.2) is 0 Å². The van der Waals surface area contributed by atoms with E-state index in [1.807, 2.05) is 0 Å². The number of allylic oxidation sites excluding steroid dienone is 1. The van der Waals surface area contributed by atoms with Gasteiger partial charge >= 0.3 is 0 Å². The van der Waals surface area contributed by atoms with E-state index >= 15 is 0 Å². The van der Waals surface area contributed by atoms with E-state index in [1.165, 1.54) is 45.6 Å². The Balaban J connectivity index is 1.63. The lowest BCUT2D eigenvalue weighted by molar-refractivity contribution is 0.138. The summed E-state index contributed by atoms with van der Waals surface area (Å²) in [4.78, 5) is 5.19. The van der Waals surface area contributed by atoms with Gasteiger partial charge in [-0.2, -0.15) is 0 Å². The molecule has 0 aromatic carbocycles. The first-order chi connectivity index (χ1) is 6.88. The molecule has 2 fully saturated rings. The molecule has 0 bridgehead atoms. The molecule has 0 atom stereocenters. The third kappa shape index (κ3) is 3.10. The van der Waals surface area contributed by atoms with Gasteiger partial charge in [0.15, 0.2) is 0 Å². The summed E-state index contributed by atoms with van der Waals surface area (Å²) in [5.41, 5.74) is 0. The van der Waals surface area contributed by atoms with Crippen molar-refractivity contribution in [1.82, 2.24) is 9.80 Å². The van der Waals surface area contributed by atoms with Crippen LogP contribution in [0, 0.1) is 5.92 Å². The minimum Gasteiger partial charge on any atom is -0.301 e. The van der Waals surface area contributed by atoms with Crippen molar-refractivity contribution >= 4 is 0 Å². The molecule has 0 aromatic heterocycles. The summed E-state index contributed by atoms with van der Waals surface area (Å²) < 4.78 is 0. The van der Waals surface area contributed by atoms with Crippen LogP contribution >= 0.6 is 0 Å². The van der Waals surface area contributed by atoms with Crippen LogP contribution < -0.4 is 0 Å². The fourth-order valence-electron chi connectivity index (χ4n) is 2.07. The summed E-state index contributed by atoms with van der Waals surface area (Å²) in [6.07, 6.45) is 7.38. The fraction of sp³-hybridized carbons (Fsp3) is 0.833. The number of nitrogens with zero attached hydrogens (tertiary/aromatic N) is 2. The van der Waals surface area contributed by atoms with E-state index in [4.69, 9.17) is 0 Å². The Kier molecular flexibility index (Phi) is 3.60. The molecule has 0 amide bonds. The van der Waals surface area contributed by atoms with E-state index in [1.54, 1.807) is 0 Å². The molecule has 1 heterocycles. The Bertz CT molecular complexity index is 188. The van der Waals surface area contributed by atoms with E-state index < -0.39 is 0 Å². The lowest BCUT2D eigenvalue weighted by atomic mass is 10.3. The summed E-state index contributed by atoms with van der Waals surface area (Å²) in [7, 11) is 0. The average molecular weight is 194 g/mol. The minimum absolute atomic E-state index is 1.05. The van der Waals surface area contributed by atoms with Crippen LogP contribution in [-0.4, -0.2) is 49.1 Å². The van der Waals surface area contributed by atoms with Crippen molar-refractivity contribution < 1.29 is 0 Å². The normalized spacial score (nSPS) is 26.1. The highest BCUT2D eigenvalue weighted by Gasteiger charge is 2.25. The van der Waals surface area contributed by atoms with Gasteiger partial charge in [-0.1, -0.05) is 12.2 Å². The molecule has 2 heteroatoms. The van der Waals surface area contributed by atoms with Crippen molar-refractivity contribution in [1.29, 1.82) is 0 Å². The highest BCUT2D eigenvalue weighted by Crippen LogP contribution is 2.29. The minimum atomic E-state index is 1.05. The van der Waals surface area contributed by atoms with Crippen LogP contribution in [0.4, 0.5) is 0 Å². The van der Waals surface area contributed by atoms with Gasteiger partial charge in [-0.05, 0) is 25.7 Å². The molecular formula is C12H22N2. The largest absolute Gasteiger partial charge is 0.301 e. The molecule has 0 N–H and O–H groups in total. The molecule has 0 radical (unpaired) electrons. The van der Waals surface area contributed by atoms with Gasteiger partial charge in [0, 0.05) is 39.3 Å². The Morgan fingerprint density at radius 3 is 2.29 bits per heavy atom. The topological polar surface area (TPSA) is 6.48 Å². The molecule has 1 saturated carbocycles. The van der Waals surface area contributed by atoms with Crippen LogP contribution in [0.15, 0.2) is 12.2 Å². The Morgan fingerprint density at radius 2 is 1.71 bits per heavy atom. The second-order valence-corrected chi connectivity index (χ2v) is 4.61. The maximum Gasteiger partial charge on any atom is 0.0164 e. The number of hydrogen-bond donors (Lipinski definition) is 0. The fourth-order valence-corrected chi connectivity index (χ4v) is 2.07. The van der Waals surface area contributed by atoms with Crippen molar-refractivity contribution in [2.75, 3.05) is 39.3 Å². The van der Waals surface area contributed by atoms with Crippen molar-refractivity contribution in [3.8, 4) is 0 Å². The molecule has 1 aliphatic carbocycles. The maximum atomic E-state index is 2.64. The molecule has 1 saturated heterocycles. The second kappa shape index (κ2) is 4.94. The predicted molar refractivity (Wildman–Crippen MR) is 60.4 cm³/mol. The second-order valence-electron chi connectivity index (χ2n) is 4.61. The highest BCUT2D eigenvalue weighted by atomic mass is 15.3. The summed E-state index contributed by atoms with van der Waals surface area (Å²) in [5, 5.41) is 0. The van der Waals surface area contributed by atoms with Crippen LogP contribution in [0.5, 0.6) is 0 Å². The van der Waals surface area contributed by atoms with Crippen LogP contribution in [0.1, 0.15) is 19.8 Å². The lowest BCUT2D eigenvalue weighted by Crippen LogP contribution is -2.46. The number of piperazine rings is 1. The first-order valence-corrected chi connectivity index (χ1v) is 5.94. The van der Waals surface area contributed by atoms with Gasteiger partial charge in [0.05, 0.1) is 0 Å². The van der Waals surface area contributed by atoms with Gasteiger partial charge in [0.2, 0.25) is 0 Å². The average Bonchev–Trinajstić information content (AvgIpc) is 3.01. The van der Waals surface area contributed by atoms with E-state index in [0.29, 0.717) is 0 Å². The Hall–Kier alpha value is -0.340. The van der Waals surface area contributed by atoms with E-state index in [-0.39, 0.29) is 0 Å². The van der Waals surface area contributed by atoms with Gasteiger partial charge < -0.3 is 4.90 Å². The van der Waals surface area contributed by atoms with Crippen molar-refractivity contribution in [3.05, 3.63) is 12.2 Å². The zero-order valence-corrected chi connectivity index (χ0v) is 9.28. The molecule has 14 heavy (non-hydrogen) atoms. The van der Waals surface area contributed by atoms with Crippen LogP contribution in [0.3, 0.4) is 0 Å². The Morgan fingerprint density at radius 1 is 1.07 bits per heavy atom. The molecule has 0 spiro atoms. The number of hydrogen-bond acceptors (Lipinski definition) is 2. The van der Waals surface area contributed by atoms with Gasteiger partial charge in [0.25, 0.3) is 0 Å². The van der Waals surface area contributed by atoms with Crippen LogP contribution in [0.25, 0.3) is 0 Å². The maximum absolute atomic E-state index is 2.64. The van der Waals surface area contributed by atoms with Gasteiger partial charge in [0.1, 0.15) is 0 Å². The third-order valence-electron chi connectivity index (χ3n) is 3.28. The molecule has 2 aliphatic rings. The van der Waals surface area contributed by atoms with Gasteiger partial charge in [-0.3, -0.25) is 4.90 Å². The zero-order valence-electron chi connectivity index (χ0n) is 9.28. The highest BCUT2D eigenvalue weighted by molar-refractivity contribution is 4.85. The molecule has 0 aromatic rings.